The van der Waals surface area contributed by atoms with Crippen LogP contribution in [0, 0.1) is 5.82 Å². The summed E-state index contributed by atoms with van der Waals surface area (Å²) in [7, 11) is 0. The zero-order chi connectivity index (χ0) is 22.6. The maximum Gasteiger partial charge on any atom is 0.223 e. The molecule has 0 amide bonds. The SMILES string of the molecule is CC(Nc1nccc(-c2sc(N3CCNCC3)nc2-c2ccc(F)cc2)n1)c1ccccc1. The quantitative estimate of drug-likeness (QED) is 0.423. The fourth-order valence-corrected chi connectivity index (χ4v) is 4.96. The van der Waals surface area contributed by atoms with Gasteiger partial charge in [0.15, 0.2) is 5.13 Å². The van der Waals surface area contributed by atoms with Gasteiger partial charge < -0.3 is 15.5 Å². The van der Waals surface area contributed by atoms with Gasteiger partial charge in [0, 0.05) is 37.9 Å². The third-order valence-corrected chi connectivity index (χ3v) is 6.79. The third kappa shape index (κ3) is 4.86. The van der Waals surface area contributed by atoms with Crippen molar-refractivity contribution in [2.75, 3.05) is 36.4 Å². The molecule has 1 aliphatic heterocycles. The van der Waals surface area contributed by atoms with Crippen molar-refractivity contribution in [1.82, 2.24) is 20.3 Å². The Balaban J connectivity index is 1.50. The van der Waals surface area contributed by atoms with Crippen LogP contribution in [0.3, 0.4) is 0 Å². The number of hydrogen-bond acceptors (Lipinski definition) is 7. The molecule has 1 unspecified atom stereocenters. The second-order valence-electron chi connectivity index (χ2n) is 7.96. The number of aromatic nitrogens is 3. The summed E-state index contributed by atoms with van der Waals surface area (Å²) in [5.74, 6) is 0.298. The first kappa shape index (κ1) is 21.5. The van der Waals surface area contributed by atoms with E-state index in [1.165, 1.54) is 12.1 Å². The average molecular weight is 461 g/mol. The van der Waals surface area contributed by atoms with Crippen LogP contribution in [0.1, 0.15) is 18.5 Å². The van der Waals surface area contributed by atoms with Gasteiger partial charge in [-0.3, -0.25) is 0 Å². The average Bonchev–Trinajstić information content (AvgIpc) is 3.31. The Morgan fingerprint density at radius 3 is 2.52 bits per heavy atom. The predicted octanol–water partition coefficient (Wildman–Crippen LogP) is 4.99. The van der Waals surface area contributed by atoms with Crippen LogP contribution in [-0.4, -0.2) is 41.1 Å². The minimum atomic E-state index is -0.263. The van der Waals surface area contributed by atoms with Gasteiger partial charge in [0.05, 0.1) is 22.3 Å². The van der Waals surface area contributed by atoms with Crippen molar-refractivity contribution in [2.24, 2.45) is 0 Å². The number of thiazole rings is 1. The molecule has 1 atom stereocenters. The van der Waals surface area contributed by atoms with Crippen molar-refractivity contribution >= 4 is 22.4 Å². The Hall–Kier alpha value is -3.36. The second kappa shape index (κ2) is 9.64. The second-order valence-corrected chi connectivity index (χ2v) is 8.94. The van der Waals surface area contributed by atoms with Gasteiger partial charge >= 0.3 is 0 Å². The van der Waals surface area contributed by atoms with Crippen LogP contribution in [0.5, 0.6) is 0 Å². The molecule has 0 radical (unpaired) electrons. The van der Waals surface area contributed by atoms with Crippen molar-refractivity contribution in [2.45, 2.75) is 13.0 Å². The number of anilines is 2. The summed E-state index contributed by atoms with van der Waals surface area (Å²) in [6, 6.07) is 18.7. The Labute approximate surface area is 196 Å². The lowest BCUT2D eigenvalue weighted by molar-refractivity contribution is 0.588. The van der Waals surface area contributed by atoms with E-state index in [0.717, 1.165) is 58.7 Å². The maximum atomic E-state index is 13.6. The number of benzene rings is 2. The molecule has 3 heterocycles. The maximum absolute atomic E-state index is 13.6. The van der Waals surface area contributed by atoms with Crippen LogP contribution in [0.15, 0.2) is 66.9 Å². The van der Waals surface area contributed by atoms with Gasteiger partial charge in [0.25, 0.3) is 0 Å². The first-order valence-electron chi connectivity index (χ1n) is 11.0. The highest BCUT2D eigenvalue weighted by Crippen LogP contribution is 2.40. The molecule has 33 heavy (non-hydrogen) atoms. The molecule has 2 aromatic heterocycles. The molecule has 4 aromatic rings. The number of nitrogens with one attached hydrogen (secondary N) is 2. The number of rotatable bonds is 6. The van der Waals surface area contributed by atoms with Crippen molar-refractivity contribution in [1.29, 1.82) is 0 Å². The largest absolute Gasteiger partial charge is 0.348 e. The Morgan fingerprint density at radius 2 is 1.76 bits per heavy atom. The number of hydrogen-bond donors (Lipinski definition) is 2. The molecule has 1 aliphatic rings. The van der Waals surface area contributed by atoms with Gasteiger partial charge in [0.2, 0.25) is 5.95 Å². The van der Waals surface area contributed by atoms with Crippen LogP contribution in [-0.2, 0) is 0 Å². The van der Waals surface area contributed by atoms with Gasteiger partial charge in [-0.2, -0.15) is 0 Å². The first-order chi connectivity index (χ1) is 16.2. The predicted molar refractivity (Wildman–Crippen MR) is 132 cm³/mol. The van der Waals surface area contributed by atoms with Crippen molar-refractivity contribution in [3.05, 3.63) is 78.2 Å². The first-order valence-corrected chi connectivity index (χ1v) is 11.9. The summed E-state index contributed by atoms with van der Waals surface area (Å²) in [5, 5.41) is 7.73. The fraction of sp³-hybridized carbons (Fsp3) is 0.240. The van der Waals surface area contributed by atoms with Crippen LogP contribution >= 0.6 is 11.3 Å². The van der Waals surface area contributed by atoms with E-state index in [1.54, 1.807) is 29.7 Å². The summed E-state index contributed by atoms with van der Waals surface area (Å²) in [5.41, 5.74) is 3.65. The van der Waals surface area contributed by atoms with E-state index in [9.17, 15) is 4.39 Å². The molecule has 6 nitrogen and oxygen atoms in total. The summed E-state index contributed by atoms with van der Waals surface area (Å²) in [4.78, 5) is 17.4. The number of piperazine rings is 1. The van der Waals surface area contributed by atoms with Gasteiger partial charge in [-0.05, 0) is 42.8 Å². The molecule has 0 bridgehead atoms. The molecular formula is C25H25FN6S. The summed E-state index contributed by atoms with van der Waals surface area (Å²) in [6.45, 7) is 5.76. The lowest BCUT2D eigenvalue weighted by Crippen LogP contribution is -2.43. The van der Waals surface area contributed by atoms with Crippen LogP contribution in [0.2, 0.25) is 0 Å². The molecule has 168 valence electrons. The zero-order valence-electron chi connectivity index (χ0n) is 18.3. The van der Waals surface area contributed by atoms with E-state index in [2.05, 4.69) is 39.6 Å². The fourth-order valence-electron chi connectivity index (χ4n) is 3.85. The van der Waals surface area contributed by atoms with E-state index in [4.69, 9.17) is 9.97 Å². The Kier molecular flexibility index (Phi) is 6.28. The van der Waals surface area contributed by atoms with Crippen LogP contribution in [0.4, 0.5) is 15.5 Å². The highest BCUT2D eigenvalue weighted by molar-refractivity contribution is 7.19. The highest BCUT2D eigenvalue weighted by atomic mass is 32.1. The van der Waals surface area contributed by atoms with Crippen molar-refractivity contribution in [3.63, 3.8) is 0 Å². The molecule has 1 fully saturated rings. The minimum absolute atomic E-state index is 0.0656. The molecule has 0 aliphatic carbocycles. The van der Waals surface area contributed by atoms with E-state index in [-0.39, 0.29) is 11.9 Å². The van der Waals surface area contributed by atoms with Crippen LogP contribution in [0.25, 0.3) is 21.8 Å². The van der Waals surface area contributed by atoms with E-state index in [1.807, 2.05) is 24.3 Å². The molecule has 2 N–H and O–H groups in total. The van der Waals surface area contributed by atoms with Gasteiger partial charge in [-0.15, -0.1) is 0 Å². The summed E-state index contributed by atoms with van der Waals surface area (Å²) < 4.78 is 13.6. The lowest BCUT2D eigenvalue weighted by Gasteiger charge is -2.26. The van der Waals surface area contributed by atoms with Crippen molar-refractivity contribution in [3.8, 4) is 21.8 Å². The van der Waals surface area contributed by atoms with E-state index >= 15 is 0 Å². The van der Waals surface area contributed by atoms with E-state index in [0.29, 0.717) is 5.95 Å². The molecule has 0 spiro atoms. The smallest absolute Gasteiger partial charge is 0.223 e. The molecule has 0 saturated carbocycles. The van der Waals surface area contributed by atoms with Gasteiger partial charge in [0.1, 0.15) is 5.82 Å². The minimum Gasteiger partial charge on any atom is -0.348 e. The lowest BCUT2D eigenvalue weighted by atomic mass is 10.1. The normalized spacial score (nSPS) is 14.8. The molecule has 8 heteroatoms. The molecular weight excluding hydrogens is 435 g/mol. The van der Waals surface area contributed by atoms with Gasteiger partial charge in [-0.1, -0.05) is 41.7 Å². The monoisotopic (exact) mass is 460 g/mol. The summed E-state index contributed by atoms with van der Waals surface area (Å²) in [6.07, 6.45) is 1.76. The number of nitrogens with zero attached hydrogens (tertiary/aromatic N) is 4. The van der Waals surface area contributed by atoms with Crippen molar-refractivity contribution < 1.29 is 4.39 Å². The Morgan fingerprint density at radius 1 is 1.00 bits per heavy atom. The topological polar surface area (TPSA) is 66.0 Å². The Bertz CT molecular complexity index is 1210. The molecule has 5 rings (SSSR count). The van der Waals surface area contributed by atoms with Crippen LogP contribution < -0.4 is 15.5 Å². The standard InChI is InChI=1S/C25H25FN6S/c1-17(18-5-3-2-4-6-18)29-24-28-12-11-21(30-24)23-22(19-7-9-20(26)10-8-19)31-25(33-23)32-15-13-27-14-16-32/h2-12,17,27H,13-16H2,1H3,(H,28,29,30). The molecule has 2 aromatic carbocycles. The molecule has 1 saturated heterocycles. The number of halogens is 1. The van der Waals surface area contributed by atoms with Gasteiger partial charge in [-0.25, -0.2) is 19.3 Å². The third-order valence-electron chi connectivity index (χ3n) is 5.65. The van der Waals surface area contributed by atoms with E-state index < -0.39 is 0 Å². The zero-order valence-corrected chi connectivity index (χ0v) is 19.1. The summed E-state index contributed by atoms with van der Waals surface area (Å²) >= 11 is 1.62. The highest BCUT2D eigenvalue weighted by Gasteiger charge is 2.21.